The SMILES string of the molecule is CNCC(=O)N(Cc1cccc(F)c1)CC1CCCO1. The Labute approximate surface area is 118 Å². The van der Waals surface area contributed by atoms with Gasteiger partial charge in [0.25, 0.3) is 0 Å². The summed E-state index contributed by atoms with van der Waals surface area (Å²) in [6, 6.07) is 6.37. The van der Waals surface area contributed by atoms with Crippen LogP contribution in [-0.2, 0) is 16.1 Å². The average Bonchev–Trinajstić information content (AvgIpc) is 2.91. The summed E-state index contributed by atoms with van der Waals surface area (Å²) in [5.41, 5.74) is 0.799. The molecule has 1 aliphatic heterocycles. The van der Waals surface area contributed by atoms with Crippen molar-refractivity contribution >= 4 is 5.91 Å². The van der Waals surface area contributed by atoms with Gasteiger partial charge in [-0.25, -0.2) is 4.39 Å². The number of halogens is 1. The molecule has 4 nitrogen and oxygen atoms in total. The topological polar surface area (TPSA) is 41.6 Å². The molecular weight excluding hydrogens is 259 g/mol. The molecule has 1 aromatic rings. The van der Waals surface area contributed by atoms with E-state index in [2.05, 4.69) is 5.32 Å². The highest BCUT2D eigenvalue weighted by Gasteiger charge is 2.22. The van der Waals surface area contributed by atoms with E-state index in [0.29, 0.717) is 13.1 Å². The van der Waals surface area contributed by atoms with Crippen LogP contribution in [0.15, 0.2) is 24.3 Å². The van der Waals surface area contributed by atoms with Crippen LogP contribution in [0.2, 0.25) is 0 Å². The Balaban J connectivity index is 2.02. The van der Waals surface area contributed by atoms with E-state index in [1.165, 1.54) is 12.1 Å². The van der Waals surface area contributed by atoms with Crippen molar-refractivity contribution in [2.24, 2.45) is 0 Å². The third-order valence-corrected chi connectivity index (χ3v) is 3.39. The van der Waals surface area contributed by atoms with Gasteiger partial charge in [0.15, 0.2) is 0 Å². The second-order valence-electron chi connectivity index (χ2n) is 5.07. The molecule has 0 saturated carbocycles. The molecule has 0 spiro atoms. The van der Waals surface area contributed by atoms with E-state index in [-0.39, 0.29) is 24.4 Å². The lowest BCUT2D eigenvalue weighted by Crippen LogP contribution is -2.41. The first-order valence-electron chi connectivity index (χ1n) is 6.97. The number of rotatable bonds is 6. The number of carbonyl (C=O) groups is 1. The van der Waals surface area contributed by atoms with Crippen LogP contribution in [0.5, 0.6) is 0 Å². The highest BCUT2D eigenvalue weighted by atomic mass is 19.1. The summed E-state index contributed by atoms with van der Waals surface area (Å²) >= 11 is 0. The first-order chi connectivity index (χ1) is 9.69. The Morgan fingerprint density at radius 1 is 1.55 bits per heavy atom. The molecule has 1 amide bonds. The number of hydrogen-bond donors (Lipinski definition) is 1. The van der Waals surface area contributed by atoms with Gasteiger partial charge >= 0.3 is 0 Å². The van der Waals surface area contributed by atoms with Gasteiger partial charge in [0.2, 0.25) is 5.91 Å². The highest BCUT2D eigenvalue weighted by Crippen LogP contribution is 2.15. The summed E-state index contributed by atoms with van der Waals surface area (Å²) in [7, 11) is 1.74. The number of ether oxygens (including phenoxy) is 1. The number of nitrogens with zero attached hydrogens (tertiary/aromatic N) is 1. The van der Waals surface area contributed by atoms with Crippen LogP contribution in [0, 0.1) is 5.82 Å². The maximum Gasteiger partial charge on any atom is 0.236 e. The fraction of sp³-hybridized carbons (Fsp3) is 0.533. The Morgan fingerprint density at radius 2 is 2.40 bits per heavy atom. The van der Waals surface area contributed by atoms with Crippen LogP contribution in [-0.4, -0.2) is 43.7 Å². The number of benzene rings is 1. The summed E-state index contributed by atoms with van der Waals surface area (Å²) in [6.07, 6.45) is 2.12. The molecule has 1 heterocycles. The van der Waals surface area contributed by atoms with Crippen molar-refractivity contribution in [3.05, 3.63) is 35.6 Å². The van der Waals surface area contributed by atoms with Gasteiger partial charge in [-0.2, -0.15) is 0 Å². The molecule has 0 radical (unpaired) electrons. The summed E-state index contributed by atoms with van der Waals surface area (Å²) in [6.45, 7) is 2.02. The number of hydrogen-bond acceptors (Lipinski definition) is 3. The van der Waals surface area contributed by atoms with E-state index in [4.69, 9.17) is 4.74 Å². The van der Waals surface area contributed by atoms with Crippen molar-refractivity contribution in [2.75, 3.05) is 26.7 Å². The minimum Gasteiger partial charge on any atom is -0.376 e. The molecule has 1 fully saturated rings. The van der Waals surface area contributed by atoms with Gasteiger partial charge in [-0.3, -0.25) is 4.79 Å². The predicted molar refractivity (Wildman–Crippen MR) is 74.7 cm³/mol. The molecule has 0 aliphatic carbocycles. The largest absolute Gasteiger partial charge is 0.376 e. The van der Waals surface area contributed by atoms with Crippen LogP contribution < -0.4 is 5.32 Å². The van der Waals surface area contributed by atoms with Crippen LogP contribution in [0.3, 0.4) is 0 Å². The molecule has 1 aliphatic rings. The van der Waals surface area contributed by atoms with Crippen molar-refractivity contribution in [1.29, 1.82) is 0 Å². The molecule has 1 unspecified atom stereocenters. The molecule has 110 valence electrons. The third-order valence-electron chi connectivity index (χ3n) is 3.39. The summed E-state index contributed by atoms with van der Waals surface area (Å²) in [5.74, 6) is -0.270. The predicted octanol–water partition coefficient (Wildman–Crippen LogP) is 1.55. The van der Waals surface area contributed by atoms with Crippen LogP contribution >= 0.6 is 0 Å². The fourth-order valence-corrected chi connectivity index (χ4v) is 2.41. The number of carbonyl (C=O) groups excluding carboxylic acids is 1. The van der Waals surface area contributed by atoms with Crippen LogP contribution in [0.1, 0.15) is 18.4 Å². The first kappa shape index (κ1) is 14.9. The van der Waals surface area contributed by atoms with Gasteiger partial charge in [0, 0.05) is 19.7 Å². The zero-order valence-corrected chi connectivity index (χ0v) is 11.8. The van der Waals surface area contributed by atoms with Crippen molar-refractivity contribution in [2.45, 2.75) is 25.5 Å². The van der Waals surface area contributed by atoms with Crippen molar-refractivity contribution in [3.8, 4) is 0 Å². The van der Waals surface area contributed by atoms with E-state index < -0.39 is 0 Å². The number of amides is 1. The first-order valence-corrected chi connectivity index (χ1v) is 6.97. The molecule has 20 heavy (non-hydrogen) atoms. The Morgan fingerprint density at radius 3 is 3.05 bits per heavy atom. The molecule has 1 N–H and O–H groups in total. The van der Waals surface area contributed by atoms with Crippen LogP contribution in [0.25, 0.3) is 0 Å². The third kappa shape index (κ3) is 4.28. The number of likely N-dealkylation sites (N-methyl/N-ethyl adjacent to an activating group) is 1. The van der Waals surface area contributed by atoms with Gasteiger partial charge < -0.3 is 15.0 Å². The maximum atomic E-state index is 13.2. The van der Waals surface area contributed by atoms with Crippen molar-refractivity contribution in [1.82, 2.24) is 10.2 Å². The lowest BCUT2D eigenvalue weighted by molar-refractivity contribution is -0.132. The van der Waals surface area contributed by atoms with Gasteiger partial charge in [-0.15, -0.1) is 0 Å². The highest BCUT2D eigenvalue weighted by molar-refractivity contribution is 5.78. The second-order valence-corrected chi connectivity index (χ2v) is 5.07. The van der Waals surface area contributed by atoms with Gasteiger partial charge in [-0.05, 0) is 37.6 Å². The minimum absolute atomic E-state index is 0.00672. The summed E-state index contributed by atoms with van der Waals surface area (Å²) in [4.78, 5) is 13.9. The maximum absolute atomic E-state index is 13.2. The van der Waals surface area contributed by atoms with Crippen LogP contribution in [0.4, 0.5) is 4.39 Å². The molecule has 1 aromatic carbocycles. The minimum atomic E-state index is -0.277. The van der Waals surface area contributed by atoms with E-state index >= 15 is 0 Å². The van der Waals surface area contributed by atoms with Crippen molar-refractivity contribution < 1.29 is 13.9 Å². The zero-order valence-electron chi connectivity index (χ0n) is 11.8. The Bertz CT molecular complexity index is 447. The van der Waals surface area contributed by atoms with Crippen molar-refractivity contribution in [3.63, 3.8) is 0 Å². The summed E-state index contributed by atoms with van der Waals surface area (Å²) in [5, 5.41) is 2.86. The molecule has 1 saturated heterocycles. The van der Waals surface area contributed by atoms with E-state index in [0.717, 1.165) is 25.0 Å². The van der Waals surface area contributed by atoms with Gasteiger partial charge in [-0.1, -0.05) is 12.1 Å². The standard InChI is InChI=1S/C15H21FN2O2/c1-17-9-15(19)18(11-14-6-3-7-20-14)10-12-4-2-5-13(16)8-12/h2,4-5,8,14,17H,3,6-7,9-11H2,1H3. The molecular formula is C15H21FN2O2. The quantitative estimate of drug-likeness (QED) is 0.859. The lowest BCUT2D eigenvalue weighted by atomic mass is 10.1. The van der Waals surface area contributed by atoms with E-state index in [1.807, 2.05) is 6.07 Å². The normalized spacial score (nSPS) is 18.2. The van der Waals surface area contributed by atoms with E-state index in [1.54, 1.807) is 18.0 Å². The smallest absolute Gasteiger partial charge is 0.236 e. The van der Waals surface area contributed by atoms with E-state index in [9.17, 15) is 9.18 Å². The van der Waals surface area contributed by atoms with Gasteiger partial charge in [0.1, 0.15) is 5.82 Å². The fourth-order valence-electron chi connectivity index (χ4n) is 2.41. The van der Waals surface area contributed by atoms with Gasteiger partial charge in [0.05, 0.1) is 12.6 Å². The average molecular weight is 280 g/mol. The molecule has 0 aromatic heterocycles. The monoisotopic (exact) mass is 280 g/mol. The zero-order chi connectivity index (χ0) is 14.4. The lowest BCUT2D eigenvalue weighted by Gasteiger charge is -2.25. The Kier molecular flexibility index (Phi) is 5.49. The Hall–Kier alpha value is -1.46. The number of nitrogens with one attached hydrogen (secondary N) is 1. The second kappa shape index (κ2) is 7.36. The molecule has 5 heteroatoms. The summed E-state index contributed by atoms with van der Waals surface area (Å²) < 4.78 is 18.8. The molecule has 1 atom stereocenters. The molecule has 2 rings (SSSR count). The molecule has 0 bridgehead atoms.